The van der Waals surface area contributed by atoms with Crippen molar-refractivity contribution in [2.24, 2.45) is 0 Å². The second kappa shape index (κ2) is 9.32. The molecular formula is C22H17F2N3OS2. The number of fused-ring (bicyclic) bond motifs is 1. The number of carbonyl (C=O) groups is 1. The molecule has 2 heterocycles. The van der Waals surface area contributed by atoms with Gasteiger partial charge in [0.1, 0.15) is 11.6 Å². The van der Waals surface area contributed by atoms with E-state index >= 15 is 0 Å². The third-order valence-corrected chi connectivity index (χ3v) is 6.39. The largest absolute Gasteiger partial charge is 0.284 e. The van der Waals surface area contributed by atoms with E-state index in [2.05, 4.69) is 9.97 Å². The van der Waals surface area contributed by atoms with Crippen LogP contribution in [0.3, 0.4) is 0 Å². The smallest absolute Gasteiger partial charge is 0.229 e. The number of benzene rings is 2. The lowest BCUT2D eigenvalue weighted by atomic mass is 10.2. The normalized spacial score (nSPS) is 11.0. The van der Waals surface area contributed by atoms with E-state index in [1.54, 1.807) is 35.5 Å². The SMILES string of the molecule is O=C(CCSc1ccc(F)cc1)N(Cc1cccnc1)c1nc2ccc(F)cc2s1. The van der Waals surface area contributed by atoms with E-state index in [1.807, 2.05) is 12.1 Å². The maximum Gasteiger partial charge on any atom is 0.229 e. The number of hydrogen-bond donors (Lipinski definition) is 0. The Morgan fingerprint density at radius 2 is 1.87 bits per heavy atom. The van der Waals surface area contributed by atoms with Gasteiger partial charge in [0.25, 0.3) is 0 Å². The van der Waals surface area contributed by atoms with E-state index in [4.69, 9.17) is 0 Å². The second-order valence-corrected chi connectivity index (χ2v) is 8.68. The quantitative estimate of drug-likeness (QED) is 0.346. The van der Waals surface area contributed by atoms with Crippen LogP contribution in [0.5, 0.6) is 0 Å². The zero-order chi connectivity index (χ0) is 20.9. The van der Waals surface area contributed by atoms with Crippen LogP contribution in [0.2, 0.25) is 0 Å². The zero-order valence-electron chi connectivity index (χ0n) is 15.8. The molecule has 0 aliphatic heterocycles. The highest BCUT2D eigenvalue weighted by atomic mass is 32.2. The standard InChI is InChI=1S/C22H17F2N3OS2/c23-16-3-6-18(7-4-16)29-11-9-21(28)27(14-15-2-1-10-25-13-15)22-26-19-8-5-17(24)12-20(19)30-22/h1-8,10,12-13H,9,11,14H2. The summed E-state index contributed by atoms with van der Waals surface area (Å²) >= 11 is 2.77. The summed E-state index contributed by atoms with van der Waals surface area (Å²) in [5, 5.41) is 0.524. The number of amides is 1. The molecule has 0 N–H and O–H groups in total. The molecule has 0 radical (unpaired) electrons. The molecule has 4 rings (SSSR count). The molecular weight excluding hydrogens is 424 g/mol. The molecule has 0 aliphatic carbocycles. The summed E-state index contributed by atoms with van der Waals surface area (Å²) in [6, 6.07) is 14.3. The van der Waals surface area contributed by atoms with Crippen molar-refractivity contribution in [3.05, 3.63) is 84.2 Å². The summed E-state index contributed by atoms with van der Waals surface area (Å²) in [6.07, 6.45) is 3.67. The Kier molecular flexibility index (Phi) is 6.35. The fraction of sp³-hybridized carbons (Fsp3) is 0.136. The Morgan fingerprint density at radius 1 is 1.07 bits per heavy atom. The van der Waals surface area contributed by atoms with Gasteiger partial charge in [-0.1, -0.05) is 17.4 Å². The van der Waals surface area contributed by atoms with Crippen LogP contribution in [0.1, 0.15) is 12.0 Å². The van der Waals surface area contributed by atoms with E-state index in [9.17, 15) is 13.6 Å². The molecule has 152 valence electrons. The van der Waals surface area contributed by atoms with Gasteiger partial charge in [-0.3, -0.25) is 14.7 Å². The third kappa shape index (κ3) is 5.01. The minimum Gasteiger partial charge on any atom is -0.284 e. The molecule has 30 heavy (non-hydrogen) atoms. The maximum atomic E-state index is 13.6. The Hall–Kier alpha value is -2.84. The average Bonchev–Trinajstić information content (AvgIpc) is 3.17. The van der Waals surface area contributed by atoms with Gasteiger partial charge >= 0.3 is 0 Å². The molecule has 0 aliphatic rings. The molecule has 0 atom stereocenters. The van der Waals surface area contributed by atoms with E-state index in [0.29, 0.717) is 27.6 Å². The minimum atomic E-state index is -0.335. The highest BCUT2D eigenvalue weighted by molar-refractivity contribution is 7.99. The van der Waals surface area contributed by atoms with Gasteiger partial charge in [-0.15, -0.1) is 11.8 Å². The molecule has 1 amide bonds. The molecule has 0 saturated carbocycles. The number of anilines is 1. The number of rotatable bonds is 7. The van der Waals surface area contributed by atoms with Gasteiger partial charge in [-0.25, -0.2) is 13.8 Å². The molecule has 2 aromatic heterocycles. The summed E-state index contributed by atoms with van der Waals surface area (Å²) in [5.74, 6) is -0.162. The van der Waals surface area contributed by atoms with Crippen LogP contribution in [-0.4, -0.2) is 21.6 Å². The molecule has 0 spiro atoms. The number of nitrogens with zero attached hydrogens (tertiary/aromatic N) is 3. The predicted octanol–water partition coefficient (Wildman–Crippen LogP) is 5.69. The summed E-state index contributed by atoms with van der Waals surface area (Å²) in [7, 11) is 0. The molecule has 0 saturated heterocycles. The van der Waals surface area contributed by atoms with Crippen molar-refractivity contribution in [3.8, 4) is 0 Å². The monoisotopic (exact) mass is 441 g/mol. The molecule has 4 aromatic rings. The van der Waals surface area contributed by atoms with Crippen molar-refractivity contribution in [1.29, 1.82) is 0 Å². The number of thiazole rings is 1. The minimum absolute atomic E-state index is 0.0898. The fourth-order valence-electron chi connectivity index (χ4n) is 2.86. The summed E-state index contributed by atoms with van der Waals surface area (Å²) in [5.41, 5.74) is 1.53. The number of thioether (sulfide) groups is 1. The molecule has 2 aromatic carbocycles. The van der Waals surface area contributed by atoms with Crippen LogP contribution in [0.4, 0.5) is 13.9 Å². The highest BCUT2D eigenvalue weighted by Crippen LogP contribution is 2.31. The van der Waals surface area contributed by atoms with Crippen molar-refractivity contribution >= 4 is 44.4 Å². The molecule has 4 nitrogen and oxygen atoms in total. The Balaban J connectivity index is 1.52. The first kappa shape index (κ1) is 20.4. The van der Waals surface area contributed by atoms with Crippen LogP contribution in [0, 0.1) is 11.6 Å². The van der Waals surface area contributed by atoms with Crippen LogP contribution < -0.4 is 4.90 Å². The Bertz CT molecular complexity index is 1150. The number of hydrogen-bond acceptors (Lipinski definition) is 5. The van der Waals surface area contributed by atoms with E-state index in [1.165, 1.54) is 47.4 Å². The van der Waals surface area contributed by atoms with Gasteiger partial charge in [0.2, 0.25) is 5.91 Å². The molecule has 0 unspecified atom stereocenters. The van der Waals surface area contributed by atoms with Crippen LogP contribution in [0.25, 0.3) is 10.2 Å². The van der Waals surface area contributed by atoms with Crippen molar-refractivity contribution in [2.45, 2.75) is 17.9 Å². The van der Waals surface area contributed by atoms with Gasteiger partial charge in [0, 0.05) is 29.5 Å². The van der Waals surface area contributed by atoms with E-state index in [-0.39, 0.29) is 24.0 Å². The average molecular weight is 442 g/mol. The lowest BCUT2D eigenvalue weighted by molar-refractivity contribution is -0.118. The first-order valence-electron chi connectivity index (χ1n) is 9.22. The van der Waals surface area contributed by atoms with Gasteiger partial charge < -0.3 is 0 Å². The van der Waals surface area contributed by atoms with Crippen molar-refractivity contribution in [1.82, 2.24) is 9.97 Å². The Morgan fingerprint density at radius 3 is 2.63 bits per heavy atom. The van der Waals surface area contributed by atoms with Gasteiger partial charge in [0.05, 0.1) is 16.8 Å². The number of carbonyl (C=O) groups excluding carboxylic acids is 1. The van der Waals surface area contributed by atoms with Crippen molar-refractivity contribution in [3.63, 3.8) is 0 Å². The number of aromatic nitrogens is 2. The topological polar surface area (TPSA) is 46.1 Å². The van der Waals surface area contributed by atoms with Crippen LogP contribution in [0.15, 0.2) is 71.9 Å². The summed E-state index contributed by atoms with van der Waals surface area (Å²) < 4.78 is 27.3. The van der Waals surface area contributed by atoms with Crippen LogP contribution >= 0.6 is 23.1 Å². The molecule has 8 heteroatoms. The Labute approximate surface area is 180 Å². The lowest BCUT2D eigenvalue weighted by Crippen LogP contribution is -2.30. The van der Waals surface area contributed by atoms with Crippen LogP contribution in [-0.2, 0) is 11.3 Å². The number of pyridine rings is 1. The first-order chi connectivity index (χ1) is 14.6. The fourth-order valence-corrected chi connectivity index (χ4v) is 4.71. The zero-order valence-corrected chi connectivity index (χ0v) is 17.4. The van der Waals surface area contributed by atoms with Gasteiger partial charge in [-0.2, -0.15) is 0 Å². The van der Waals surface area contributed by atoms with Gasteiger partial charge in [-0.05, 0) is 54.1 Å². The van der Waals surface area contributed by atoms with Gasteiger partial charge in [0.15, 0.2) is 5.13 Å². The predicted molar refractivity (Wildman–Crippen MR) is 117 cm³/mol. The highest BCUT2D eigenvalue weighted by Gasteiger charge is 2.20. The maximum absolute atomic E-state index is 13.6. The lowest BCUT2D eigenvalue weighted by Gasteiger charge is -2.20. The summed E-state index contributed by atoms with van der Waals surface area (Å²) in [6.45, 7) is 0.330. The third-order valence-electron chi connectivity index (χ3n) is 4.33. The van der Waals surface area contributed by atoms with Crippen molar-refractivity contribution < 1.29 is 13.6 Å². The molecule has 0 bridgehead atoms. The van der Waals surface area contributed by atoms with E-state index < -0.39 is 0 Å². The molecule has 0 fully saturated rings. The van der Waals surface area contributed by atoms with Crippen molar-refractivity contribution in [2.75, 3.05) is 10.7 Å². The second-order valence-electron chi connectivity index (χ2n) is 6.50. The van der Waals surface area contributed by atoms with E-state index in [0.717, 1.165) is 10.5 Å². The summed E-state index contributed by atoms with van der Waals surface area (Å²) in [4.78, 5) is 24.2. The number of halogens is 2. The first-order valence-corrected chi connectivity index (χ1v) is 11.0.